The van der Waals surface area contributed by atoms with Crippen molar-refractivity contribution in [1.29, 1.82) is 0 Å². The van der Waals surface area contributed by atoms with E-state index in [2.05, 4.69) is 84.5 Å². The SMILES string of the molecule is Cc1ccc(/C=C/CN(C)Cc2cccc3cc[nH]c23)cc1.Cl. The maximum absolute atomic E-state index is 3.34. The first kappa shape index (κ1) is 17.3. The van der Waals surface area contributed by atoms with Crippen LogP contribution in [0, 0.1) is 6.92 Å². The highest BCUT2D eigenvalue weighted by atomic mass is 35.5. The molecule has 0 spiro atoms. The fourth-order valence-corrected chi connectivity index (χ4v) is 2.68. The fraction of sp³-hybridized carbons (Fsp3) is 0.200. The van der Waals surface area contributed by atoms with Gasteiger partial charge in [0.15, 0.2) is 0 Å². The minimum Gasteiger partial charge on any atom is -0.361 e. The third kappa shape index (κ3) is 4.47. The van der Waals surface area contributed by atoms with Gasteiger partial charge in [0.25, 0.3) is 0 Å². The Hall–Kier alpha value is -2.03. The molecule has 2 aromatic carbocycles. The monoisotopic (exact) mass is 326 g/mol. The largest absolute Gasteiger partial charge is 0.361 e. The molecule has 0 saturated heterocycles. The molecule has 2 nitrogen and oxygen atoms in total. The van der Waals surface area contributed by atoms with Crippen LogP contribution in [0.15, 0.2) is 60.8 Å². The fourth-order valence-electron chi connectivity index (χ4n) is 2.68. The van der Waals surface area contributed by atoms with E-state index in [4.69, 9.17) is 0 Å². The number of halogens is 1. The molecule has 0 unspecified atom stereocenters. The number of nitrogens with one attached hydrogen (secondary N) is 1. The second-order valence-corrected chi connectivity index (χ2v) is 5.87. The van der Waals surface area contributed by atoms with Crippen LogP contribution >= 0.6 is 12.4 Å². The standard InChI is InChI=1S/C20H22N2.ClH/c1-16-8-10-17(11-9-16)5-4-14-22(2)15-19-7-3-6-18-12-13-21-20(18)19;/h3-13,21H,14-15H2,1-2H3;1H/b5-4+;. The minimum absolute atomic E-state index is 0. The second-order valence-electron chi connectivity index (χ2n) is 5.87. The predicted molar refractivity (Wildman–Crippen MR) is 102 cm³/mol. The summed E-state index contributed by atoms with van der Waals surface area (Å²) in [5.41, 5.74) is 5.14. The summed E-state index contributed by atoms with van der Waals surface area (Å²) >= 11 is 0. The number of nitrogens with zero attached hydrogens (tertiary/aromatic N) is 1. The van der Waals surface area contributed by atoms with Gasteiger partial charge < -0.3 is 4.98 Å². The van der Waals surface area contributed by atoms with Crippen LogP contribution in [0.5, 0.6) is 0 Å². The molecule has 0 atom stereocenters. The molecular weight excluding hydrogens is 304 g/mol. The molecule has 1 heterocycles. The van der Waals surface area contributed by atoms with Crippen molar-refractivity contribution in [2.75, 3.05) is 13.6 Å². The summed E-state index contributed by atoms with van der Waals surface area (Å²) in [6.45, 7) is 3.99. The number of para-hydroxylation sites is 1. The molecule has 0 saturated carbocycles. The zero-order valence-electron chi connectivity index (χ0n) is 13.6. The van der Waals surface area contributed by atoms with Gasteiger partial charge in [-0.3, -0.25) is 4.90 Å². The molecule has 0 radical (unpaired) electrons. The van der Waals surface area contributed by atoms with Crippen molar-refractivity contribution in [1.82, 2.24) is 9.88 Å². The van der Waals surface area contributed by atoms with Gasteiger partial charge in [-0.25, -0.2) is 0 Å². The quantitative estimate of drug-likeness (QED) is 0.695. The van der Waals surface area contributed by atoms with E-state index in [9.17, 15) is 0 Å². The molecule has 3 rings (SSSR count). The van der Waals surface area contributed by atoms with Gasteiger partial charge in [0.2, 0.25) is 0 Å². The number of fused-ring (bicyclic) bond motifs is 1. The lowest BCUT2D eigenvalue weighted by molar-refractivity contribution is 0.365. The zero-order valence-corrected chi connectivity index (χ0v) is 14.4. The van der Waals surface area contributed by atoms with Crippen LogP contribution in [0.4, 0.5) is 0 Å². The number of aromatic nitrogens is 1. The molecule has 23 heavy (non-hydrogen) atoms. The lowest BCUT2D eigenvalue weighted by Crippen LogP contribution is -2.17. The van der Waals surface area contributed by atoms with Crippen molar-refractivity contribution >= 4 is 29.4 Å². The number of likely N-dealkylation sites (N-methyl/N-ethyl adjacent to an activating group) is 1. The molecule has 0 amide bonds. The highest BCUT2D eigenvalue weighted by Gasteiger charge is 2.04. The molecule has 0 fully saturated rings. The molecular formula is C20H23ClN2. The maximum Gasteiger partial charge on any atom is 0.0499 e. The number of benzene rings is 2. The first-order chi connectivity index (χ1) is 10.7. The highest BCUT2D eigenvalue weighted by Crippen LogP contribution is 2.18. The molecule has 1 N–H and O–H groups in total. The van der Waals surface area contributed by atoms with Crippen molar-refractivity contribution < 1.29 is 0 Å². The van der Waals surface area contributed by atoms with Gasteiger partial charge in [-0.2, -0.15) is 0 Å². The Balaban J connectivity index is 0.00000192. The van der Waals surface area contributed by atoms with Crippen molar-refractivity contribution in [3.05, 3.63) is 77.5 Å². The van der Waals surface area contributed by atoms with Crippen LogP contribution in [0.3, 0.4) is 0 Å². The normalized spacial score (nSPS) is 11.3. The topological polar surface area (TPSA) is 19.0 Å². The molecule has 0 aliphatic carbocycles. The Kier molecular flexibility index (Phi) is 6.03. The van der Waals surface area contributed by atoms with Crippen LogP contribution in [-0.2, 0) is 6.54 Å². The molecule has 3 aromatic rings. The number of aromatic amines is 1. The number of hydrogen-bond acceptors (Lipinski definition) is 1. The second kappa shape index (κ2) is 8.00. The van der Waals surface area contributed by atoms with E-state index in [0.29, 0.717) is 0 Å². The summed E-state index contributed by atoms with van der Waals surface area (Å²) in [5.74, 6) is 0. The van der Waals surface area contributed by atoms with Gasteiger partial charge >= 0.3 is 0 Å². The Morgan fingerprint density at radius 3 is 2.61 bits per heavy atom. The Morgan fingerprint density at radius 1 is 1.04 bits per heavy atom. The zero-order chi connectivity index (χ0) is 15.4. The van der Waals surface area contributed by atoms with Crippen LogP contribution in [0.1, 0.15) is 16.7 Å². The van der Waals surface area contributed by atoms with Gasteiger partial charge in [0.05, 0.1) is 0 Å². The highest BCUT2D eigenvalue weighted by molar-refractivity contribution is 5.85. The van der Waals surface area contributed by atoms with E-state index in [1.807, 2.05) is 6.20 Å². The lowest BCUT2D eigenvalue weighted by atomic mass is 10.1. The van der Waals surface area contributed by atoms with Gasteiger partial charge in [-0.05, 0) is 36.6 Å². The van der Waals surface area contributed by atoms with E-state index in [-0.39, 0.29) is 12.4 Å². The van der Waals surface area contributed by atoms with Crippen molar-refractivity contribution in [2.24, 2.45) is 0 Å². The van der Waals surface area contributed by atoms with Gasteiger partial charge in [0, 0.05) is 24.8 Å². The number of H-pyrrole nitrogens is 1. The summed E-state index contributed by atoms with van der Waals surface area (Å²) in [5, 5.41) is 1.28. The van der Waals surface area contributed by atoms with Crippen molar-refractivity contribution in [3.8, 4) is 0 Å². The van der Waals surface area contributed by atoms with E-state index >= 15 is 0 Å². The summed E-state index contributed by atoms with van der Waals surface area (Å²) in [4.78, 5) is 5.66. The van der Waals surface area contributed by atoms with E-state index in [1.165, 1.54) is 27.6 Å². The number of hydrogen-bond donors (Lipinski definition) is 1. The Labute approximate surface area is 144 Å². The molecule has 3 heteroatoms. The Morgan fingerprint density at radius 2 is 1.83 bits per heavy atom. The van der Waals surface area contributed by atoms with Gasteiger partial charge in [-0.1, -0.05) is 60.2 Å². The van der Waals surface area contributed by atoms with Crippen LogP contribution in [-0.4, -0.2) is 23.5 Å². The summed E-state index contributed by atoms with van der Waals surface area (Å²) in [6, 6.07) is 17.2. The summed E-state index contributed by atoms with van der Waals surface area (Å²) in [7, 11) is 2.15. The molecule has 120 valence electrons. The average molecular weight is 327 g/mol. The third-order valence-corrected chi connectivity index (χ3v) is 3.92. The van der Waals surface area contributed by atoms with Crippen LogP contribution in [0.2, 0.25) is 0 Å². The van der Waals surface area contributed by atoms with Crippen molar-refractivity contribution in [2.45, 2.75) is 13.5 Å². The third-order valence-electron chi connectivity index (χ3n) is 3.92. The van der Waals surface area contributed by atoms with E-state index < -0.39 is 0 Å². The van der Waals surface area contributed by atoms with E-state index in [1.54, 1.807) is 0 Å². The predicted octanol–water partition coefficient (Wildman–Crippen LogP) is 5.04. The molecule has 0 bridgehead atoms. The summed E-state index contributed by atoms with van der Waals surface area (Å²) in [6.07, 6.45) is 6.41. The van der Waals surface area contributed by atoms with E-state index in [0.717, 1.165) is 13.1 Å². The average Bonchev–Trinajstić information content (AvgIpc) is 2.99. The van der Waals surface area contributed by atoms with Crippen molar-refractivity contribution in [3.63, 3.8) is 0 Å². The number of aryl methyl sites for hydroxylation is 1. The Bertz CT molecular complexity index is 772. The minimum atomic E-state index is 0. The van der Waals surface area contributed by atoms with Gasteiger partial charge in [0.1, 0.15) is 0 Å². The van der Waals surface area contributed by atoms with Crippen LogP contribution in [0.25, 0.3) is 17.0 Å². The van der Waals surface area contributed by atoms with Crippen LogP contribution < -0.4 is 0 Å². The smallest absolute Gasteiger partial charge is 0.0499 e. The molecule has 1 aromatic heterocycles. The maximum atomic E-state index is 3.34. The number of rotatable bonds is 5. The first-order valence-corrected chi connectivity index (χ1v) is 7.69. The van der Waals surface area contributed by atoms with Gasteiger partial charge in [-0.15, -0.1) is 12.4 Å². The summed E-state index contributed by atoms with van der Waals surface area (Å²) < 4.78 is 0. The molecule has 0 aliphatic rings. The lowest BCUT2D eigenvalue weighted by Gasteiger charge is -2.15. The molecule has 0 aliphatic heterocycles. The first-order valence-electron chi connectivity index (χ1n) is 7.69.